The summed E-state index contributed by atoms with van der Waals surface area (Å²) in [5.74, 6) is 1.31. The van der Waals surface area contributed by atoms with Gasteiger partial charge in [0.25, 0.3) is 0 Å². The number of nitrogens with one attached hydrogen (secondary N) is 1. The van der Waals surface area contributed by atoms with Gasteiger partial charge in [-0.25, -0.2) is 4.68 Å². The molecule has 0 saturated heterocycles. The summed E-state index contributed by atoms with van der Waals surface area (Å²) in [7, 11) is 1.60. The molecule has 3 rings (SSSR count). The van der Waals surface area contributed by atoms with E-state index in [1.165, 1.54) is 4.68 Å². The van der Waals surface area contributed by atoms with E-state index in [-0.39, 0.29) is 24.4 Å². The number of amides is 1. The van der Waals surface area contributed by atoms with Crippen LogP contribution in [0.5, 0.6) is 11.5 Å². The van der Waals surface area contributed by atoms with Crippen molar-refractivity contribution in [3.63, 3.8) is 0 Å². The smallest absolute Gasteiger partial charge is 0.242 e. The van der Waals surface area contributed by atoms with E-state index >= 15 is 0 Å². The van der Waals surface area contributed by atoms with Gasteiger partial charge in [0, 0.05) is 5.56 Å². The first-order valence-electron chi connectivity index (χ1n) is 6.77. The largest absolute Gasteiger partial charge is 0.493 e. The second-order valence-electron chi connectivity index (χ2n) is 4.92. The van der Waals surface area contributed by atoms with Crippen LogP contribution < -0.4 is 20.5 Å². The number of para-hydroxylation sites is 1. The second-order valence-corrected chi connectivity index (χ2v) is 4.92. The number of benzene rings is 1. The lowest BCUT2D eigenvalue weighted by Crippen LogP contribution is -2.44. The third-order valence-electron chi connectivity index (χ3n) is 3.39. The molecule has 0 radical (unpaired) electrons. The number of hydrogen-bond donors (Lipinski definition) is 2. The molecule has 1 aliphatic rings. The van der Waals surface area contributed by atoms with Crippen molar-refractivity contribution in [1.82, 2.24) is 25.5 Å². The van der Waals surface area contributed by atoms with Gasteiger partial charge in [0.1, 0.15) is 13.2 Å². The fourth-order valence-corrected chi connectivity index (χ4v) is 2.38. The number of aromatic nitrogens is 4. The third-order valence-corrected chi connectivity index (χ3v) is 3.39. The first-order chi connectivity index (χ1) is 10.7. The Balaban J connectivity index is 1.63. The van der Waals surface area contributed by atoms with Crippen molar-refractivity contribution < 1.29 is 14.3 Å². The number of anilines is 1. The highest BCUT2D eigenvalue weighted by atomic mass is 16.5. The Kier molecular flexibility index (Phi) is 3.77. The maximum Gasteiger partial charge on any atom is 0.242 e. The molecule has 9 heteroatoms. The molecule has 1 atom stereocenters. The van der Waals surface area contributed by atoms with Gasteiger partial charge < -0.3 is 20.5 Å². The number of tetrazole rings is 1. The minimum Gasteiger partial charge on any atom is -0.493 e. The van der Waals surface area contributed by atoms with Crippen LogP contribution in [0, 0.1) is 0 Å². The van der Waals surface area contributed by atoms with E-state index in [1.54, 1.807) is 7.11 Å². The maximum atomic E-state index is 12.0. The number of nitrogens with zero attached hydrogens (tertiary/aromatic N) is 4. The molecule has 9 nitrogen and oxygen atoms in total. The predicted octanol–water partition coefficient (Wildman–Crippen LogP) is -0.616. The van der Waals surface area contributed by atoms with E-state index in [1.807, 2.05) is 18.2 Å². The molecule has 0 bridgehead atoms. The number of nitrogens with two attached hydrogens (primary N) is 1. The molecule has 1 aromatic heterocycles. The van der Waals surface area contributed by atoms with Crippen LogP contribution in [0.3, 0.4) is 0 Å². The van der Waals surface area contributed by atoms with Crippen molar-refractivity contribution in [2.45, 2.75) is 19.0 Å². The second kappa shape index (κ2) is 5.88. The summed E-state index contributed by atoms with van der Waals surface area (Å²) in [6.07, 6.45) is 0.670. The number of fused-ring (bicyclic) bond motifs is 1. The number of carbonyl (C=O) groups is 1. The summed E-state index contributed by atoms with van der Waals surface area (Å²) in [4.78, 5) is 12.0. The summed E-state index contributed by atoms with van der Waals surface area (Å²) in [5.41, 5.74) is 6.52. The summed E-state index contributed by atoms with van der Waals surface area (Å²) >= 11 is 0. The van der Waals surface area contributed by atoms with Crippen molar-refractivity contribution in [3.05, 3.63) is 23.8 Å². The molecule has 2 aromatic rings. The lowest BCUT2D eigenvalue weighted by atomic mass is 10.0. The van der Waals surface area contributed by atoms with Gasteiger partial charge in [-0.15, -0.1) is 0 Å². The van der Waals surface area contributed by atoms with Crippen LogP contribution in [0.15, 0.2) is 18.2 Å². The van der Waals surface area contributed by atoms with Crippen molar-refractivity contribution in [2.24, 2.45) is 0 Å². The SMILES string of the molecule is COc1cccc2c1OC[C@@H](NC(=O)Cn1nnnc1N)C2. The highest BCUT2D eigenvalue weighted by Gasteiger charge is 2.24. The zero-order valence-electron chi connectivity index (χ0n) is 12.0. The van der Waals surface area contributed by atoms with Crippen LogP contribution in [0.4, 0.5) is 5.95 Å². The van der Waals surface area contributed by atoms with Crippen LogP contribution in [-0.4, -0.2) is 45.9 Å². The monoisotopic (exact) mass is 304 g/mol. The van der Waals surface area contributed by atoms with Crippen LogP contribution >= 0.6 is 0 Å². The topological polar surface area (TPSA) is 117 Å². The molecule has 0 unspecified atom stereocenters. The molecule has 3 N–H and O–H groups in total. The molecule has 0 aliphatic carbocycles. The Bertz CT molecular complexity index is 686. The van der Waals surface area contributed by atoms with E-state index < -0.39 is 0 Å². The summed E-state index contributed by atoms with van der Waals surface area (Å²) < 4.78 is 12.2. The molecule has 0 spiro atoms. The number of methoxy groups -OCH3 is 1. The normalized spacial score (nSPS) is 16.5. The Morgan fingerprint density at radius 3 is 3.18 bits per heavy atom. The van der Waals surface area contributed by atoms with Crippen LogP contribution in [0.25, 0.3) is 0 Å². The standard InChI is InChI=1S/C13H16N6O3/c1-21-10-4-2-3-8-5-9(7-22-12(8)10)15-11(20)6-19-13(14)16-17-18-19/h2-4,9H,5-7H2,1H3,(H,15,20)(H2,14,16,18)/t9-/m0/s1. The Morgan fingerprint density at radius 1 is 1.59 bits per heavy atom. The quantitative estimate of drug-likeness (QED) is 0.773. The third kappa shape index (κ3) is 2.78. The van der Waals surface area contributed by atoms with Gasteiger partial charge in [0.2, 0.25) is 11.9 Å². The number of carbonyl (C=O) groups excluding carboxylic acids is 1. The number of rotatable bonds is 4. The van der Waals surface area contributed by atoms with Crippen LogP contribution in [0.1, 0.15) is 5.56 Å². The first-order valence-corrected chi connectivity index (χ1v) is 6.77. The Hall–Kier alpha value is -2.84. The van der Waals surface area contributed by atoms with Gasteiger partial charge in [-0.3, -0.25) is 4.79 Å². The average Bonchev–Trinajstić information content (AvgIpc) is 2.91. The molecule has 0 fully saturated rings. The molecule has 22 heavy (non-hydrogen) atoms. The van der Waals surface area contributed by atoms with Crippen molar-refractivity contribution in [3.8, 4) is 11.5 Å². The van der Waals surface area contributed by atoms with Gasteiger partial charge in [-0.05, 0) is 22.9 Å². The van der Waals surface area contributed by atoms with Gasteiger partial charge in [-0.2, -0.15) is 0 Å². The zero-order chi connectivity index (χ0) is 15.5. The van der Waals surface area contributed by atoms with E-state index in [2.05, 4.69) is 20.8 Å². The van der Waals surface area contributed by atoms with Crippen molar-refractivity contribution >= 4 is 11.9 Å². The molecular weight excluding hydrogens is 288 g/mol. The van der Waals surface area contributed by atoms with Crippen molar-refractivity contribution in [1.29, 1.82) is 0 Å². The molecule has 2 heterocycles. The zero-order valence-corrected chi connectivity index (χ0v) is 12.0. The highest BCUT2D eigenvalue weighted by molar-refractivity contribution is 5.76. The molecular formula is C13H16N6O3. The van der Waals surface area contributed by atoms with E-state index in [0.29, 0.717) is 18.8 Å². The first kappa shape index (κ1) is 14.1. The molecule has 1 amide bonds. The number of ether oxygens (including phenoxy) is 2. The van der Waals surface area contributed by atoms with Gasteiger partial charge in [0.05, 0.1) is 13.2 Å². The minimum absolute atomic E-state index is 0.0275. The van der Waals surface area contributed by atoms with Gasteiger partial charge in [-0.1, -0.05) is 17.2 Å². The maximum absolute atomic E-state index is 12.0. The summed E-state index contributed by atoms with van der Waals surface area (Å²) in [5, 5.41) is 13.4. The average molecular weight is 304 g/mol. The minimum atomic E-state index is -0.223. The predicted molar refractivity (Wildman–Crippen MR) is 76.4 cm³/mol. The summed E-state index contributed by atoms with van der Waals surface area (Å²) in [6, 6.07) is 5.57. The fraction of sp³-hybridized carbons (Fsp3) is 0.385. The fourth-order valence-electron chi connectivity index (χ4n) is 2.38. The number of nitrogen functional groups attached to an aromatic ring is 1. The van der Waals surface area contributed by atoms with E-state index in [4.69, 9.17) is 15.2 Å². The Morgan fingerprint density at radius 2 is 2.45 bits per heavy atom. The Labute approximate surface area is 126 Å². The molecule has 116 valence electrons. The number of hydrogen-bond acceptors (Lipinski definition) is 7. The molecule has 1 aliphatic heterocycles. The van der Waals surface area contributed by atoms with Crippen LogP contribution in [-0.2, 0) is 17.8 Å². The highest BCUT2D eigenvalue weighted by Crippen LogP contribution is 2.34. The molecule has 0 saturated carbocycles. The van der Waals surface area contributed by atoms with E-state index in [9.17, 15) is 4.79 Å². The lowest BCUT2D eigenvalue weighted by Gasteiger charge is -2.27. The van der Waals surface area contributed by atoms with Gasteiger partial charge >= 0.3 is 0 Å². The van der Waals surface area contributed by atoms with Crippen molar-refractivity contribution in [2.75, 3.05) is 19.5 Å². The van der Waals surface area contributed by atoms with Gasteiger partial charge in [0.15, 0.2) is 11.5 Å². The van der Waals surface area contributed by atoms with Crippen LogP contribution in [0.2, 0.25) is 0 Å². The lowest BCUT2D eigenvalue weighted by molar-refractivity contribution is -0.122. The molecule has 1 aromatic carbocycles. The van der Waals surface area contributed by atoms with E-state index in [0.717, 1.165) is 11.3 Å². The summed E-state index contributed by atoms with van der Waals surface area (Å²) in [6.45, 7) is 0.352.